The van der Waals surface area contributed by atoms with Crippen molar-refractivity contribution in [2.45, 2.75) is 26.2 Å². The third-order valence-electron chi connectivity index (χ3n) is 4.42. The van der Waals surface area contributed by atoms with E-state index >= 15 is 0 Å². The lowest BCUT2D eigenvalue weighted by molar-refractivity contribution is -0.137. The molecule has 1 aromatic heterocycles. The van der Waals surface area contributed by atoms with Gasteiger partial charge in [-0.05, 0) is 56.0 Å². The van der Waals surface area contributed by atoms with Crippen LogP contribution < -0.4 is 5.32 Å². The molecule has 7 heteroatoms. The average molecular weight is 392 g/mol. The summed E-state index contributed by atoms with van der Waals surface area (Å²) in [4.78, 5) is 25.2. The van der Waals surface area contributed by atoms with Gasteiger partial charge in [-0.15, -0.1) is 15.0 Å². The highest BCUT2D eigenvalue weighted by Crippen LogP contribution is 2.18. The number of nitrogens with zero attached hydrogens (tertiary/aromatic N) is 3. The lowest BCUT2D eigenvalue weighted by atomic mass is 10.1. The van der Waals surface area contributed by atoms with Gasteiger partial charge in [0.05, 0.1) is 17.9 Å². The summed E-state index contributed by atoms with van der Waals surface area (Å²) in [6.07, 6.45) is 3.53. The molecule has 7 nitrogen and oxygen atoms in total. The standard InChI is InChI=1S/C22H24N4O3/c1-3-21(27)29-14-8-4-7-13-23-22(28)17-12-11-16(2)15-20(17)26-24-18-9-5-6-10-19(18)25-26/h3,5-6,9-12,15H,1,4,7-8,13-14H2,2H3,(H,23,28). The summed E-state index contributed by atoms with van der Waals surface area (Å²) < 4.78 is 4.93. The zero-order valence-corrected chi connectivity index (χ0v) is 16.4. The topological polar surface area (TPSA) is 86.1 Å². The van der Waals surface area contributed by atoms with Gasteiger partial charge in [0.1, 0.15) is 11.0 Å². The fourth-order valence-corrected chi connectivity index (χ4v) is 2.90. The molecule has 0 fully saturated rings. The van der Waals surface area contributed by atoms with E-state index < -0.39 is 5.97 Å². The van der Waals surface area contributed by atoms with Gasteiger partial charge in [-0.2, -0.15) is 0 Å². The number of carbonyl (C=O) groups excluding carboxylic acids is 2. The Morgan fingerprint density at radius 3 is 2.52 bits per heavy atom. The molecule has 0 aliphatic carbocycles. The number of hydrogen-bond acceptors (Lipinski definition) is 5. The van der Waals surface area contributed by atoms with E-state index in [4.69, 9.17) is 4.74 Å². The van der Waals surface area contributed by atoms with Gasteiger partial charge >= 0.3 is 5.97 Å². The molecule has 0 aliphatic heterocycles. The number of benzene rings is 2. The molecule has 0 bridgehead atoms. The number of aromatic nitrogens is 3. The molecule has 3 aromatic rings. The highest BCUT2D eigenvalue weighted by Gasteiger charge is 2.15. The minimum Gasteiger partial charge on any atom is -0.463 e. The third kappa shape index (κ3) is 5.28. The molecule has 1 amide bonds. The second-order valence-corrected chi connectivity index (χ2v) is 6.69. The van der Waals surface area contributed by atoms with Gasteiger partial charge in [0.15, 0.2) is 0 Å². The maximum absolute atomic E-state index is 12.7. The first-order chi connectivity index (χ1) is 14.1. The lowest BCUT2D eigenvalue weighted by Gasteiger charge is -2.10. The van der Waals surface area contributed by atoms with Crippen LogP contribution in [0.2, 0.25) is 0 Å². The highest BCUT2D eigenvalue weighted by molar-refractivity contribution is 5.97. The van der Waals surface area contributed by atoms with Crippen LogP contribution in [0, 0.1) is 6.92 Å². The zero-order valence-electron chi connectivity index (χ0n) is 16.4. The first kappa shape index (κ1) is 20.3. The van der Waals surface area contributed by atoms with E-state index in [9.17, 15) is 9.59 Å². The summed E-state index contributed by atoms with van der Waals surface area (Å²) in [5, 5.41) is 11.9. The van der Waals surface area contributed by atoms with Crippen molar-refractivity contribution in [3.8, 4) is 5.69 Å². The first-order valence-corrected chi connectivity index (χ1v) is 9.59. The van der Waals surface area contributed by atoms with Crippen LogP contribution in [0.25, 0.3) is 16.7 Å². The van der Waals surface area contributed by atoms with Crippen LogP contribution in [0.3, 0.4) is 0 Å². The van der Waals surface area contributed by atoms with Crippen molar-refractivity contribution in [1.29, 1.82) is 0 Å². The van der Waals surface area contributed by atoms with Gasteiger partial charge in [0, 0.05) is 12.6 Å². The van der Waals surface area contributed by atoms with Crippen molar-refractivity contribution in [3.05, 3.63) is 66.2 Å². The van der Waals surface area contributed by atoms with Crippen molar-refractivity contribution in [3.63, 3.8) is 0 Å². The van der Waals surface area contributed by atoms with Crippen LogP contribution in [0.5, 0.6) is 0 Å². The molecule has 0 spiro atoms. The van der Waals surface area contributed by atoms with Crippen LogP contribution >= 0.6 is 0 Å². The Bertz CT molecular complexity index is 993. The molecule has 3 rings (SSSR count). The van der Waals surface area contributed by atoms with Gasteiger partial charge in [-0.3, -0.25) is 4.79 Å². The Morgan fingerprint density at radius 1 is 1.10 bits per heavy atom. The van der Waals surface area contributed by atoms with Crippen LogP contribution in [-0.4, -0.2) is 40.0 Å². The molecule has 0 unspecified atom stereocenters. The average Bonchev–Trinajstić information content (AvgIpc) is 3.16. The maximum atomic E-state index is 12.7. The number of unbranched alkanes of at least 4 members (excludes halogenated alkanes) is 2. The second kappa shape index (κ2) is 9.64. The van der Waals surface area contributed by atoms with Gasteiger partial charge in [-0.1, -0.05) is 24.8 Å². The Labute approximate surface area is 169 Å². The van der Waals surface area contributed by atoms with Crippen molar-refractivity contribution in [2.24, 2.45) is 0 Å². The van der Waals surface area contributed by atoms with Crippen molar-refractivity contribution in [2.75, 3.05) is 13.2 Å². The SMILES string of the molecule is C=CC(=O)OCCCCCNC(=O)c1ccc(C)cc1-n1nc2ccccc2n1. The summed E-state index contributed by atoms with van der Waals surface area (Å²) in [7, 11) is 0. The minimum atomic E-state index is -0.412. The predicted molar refractivity (Wildman–Crippen MR) is 111 cm³/mol. The summed E-state index contributed by atoms with van der Waals surface area (Å²) >= 11 is 0. The van der Waals surface area contributed by atoms with E-state index in [0.717, 1.165) is 41.9 Å². The van der Waals surface area contributed by atoms with E-state index in [0.29, 0.717) is 24.4 Å². The molecule has 0 radical (unpaired) electrons. The monoisotopic (exact) mass is 392 g/mol. The smallest absolute Gasteiger partial charge is 0.330 e. The summed E-state index contributed by atoms with van der Waals surface area (Å²) in [6, 6.07) is 13.2. The molecule has 0 aliphatic rings. The van der Waals surface area contributed by atoms with Gasteiger partial charge < -0.3 is 10.1 Å². The summed E-state index contributed by atoms with van der Waals surface area (Å²) in [5.74, 6) is -0.579. The summed E-state index contributed by atoms with van der Waals surface area (Å²) in [6.45, 7) is 6.22. The van der Waals surface area contributed by atoms with Crippen molar-refractivity contribution >= 4 is 22.9 Å². The quantitative estimate of drug-likeness (QED) is 0.343. The minimum absolute atomic E-state index is 0.167. The van der Waals surface area contributed by atoms with E-state index in [1.54, 1.807) is 6.07 Å². The number of aryl methyl sites for hydroxylation is 1. The molecule has 0 saturated carbocycles. The van der Waals surface area contributed by atoms with Crippen molar-refractivity contribution in [1.82, 2.24) is 20.3 Å². The third-order valence-corrected chi connectivity index (χ3v) is 4.42. The second-order valence-electron chi connectivity index (χ2n) is 6.69. The molecule has 1 N–H and O–H groups in total. The zero-order chi connectivity index (χ0) is 20.6. The Balaban J connectivity index is 1.61. The van der Waals surface area contributed by atoms with E-state index in [1.807, 2.05) is 43.3 Å². The lowest BCUT2D eigenvalue weighted by Crippen LogP contribution is -2.26. The van der Waals surface area contributed by atoms with E-state index in [-0.39, 0.29) is 5.91 Å². The largest absolute Gasteiger partial charge is 0.463 e. The highest BCUT2D eigenvalue weighted by atomic mass is 16.5. The van der Waals surface area contributed by atoms with Crippen molar-refractivity contribution < 1.29 is 14.3 Å². The fraction of sp³-hybridized carbons (Fsp3) is 0.273. The Kier molecular flexibility index (Phi) is 6.73. The number of ether oxygens (including phenoxy) is 1. The van der Waals surface area contributed by atoms with Gasteiger partial charge in [0.2, 0.25) is 0 Å². The van der Waals surface area contributed by atoms with Crippen LogP contribution in [0.15, 0.2) is 55.1 Å². The first-order valence-electron chi connectivity index (χ1n) is 9.59. The molecular formula is C22H24N4O3. The fourth-order valence-electron chi connectivity index (χ4n) is 2.90. The molecular weight excluding hydrogens is 368 g/mol. The van der Waals surface area contributed by atoms with Crippen LogP contribution in [0.4, 0.5) is 0 Å². The molecule has 1 heterocycles. The van der Waals surface area contributed by atoms with Gasteiger partial charge in [-0.25, -0.2) is 4.79 Å². The number of esters is 1. The van der Waals surface area contributed by atoms with E-state index in [2.05, 4.69) is 22.1 Å². The molecule has 0 saturated heterocycles. The number of amides is 1. The molecule has 150 valence electrons. The van der Waals surface area contributed by atoms with Gasteiger partial charge in [0.25, 0.3) is 5.91 Å². The maximum Gasteiger partial charge on any atom is 0.330 e. The Morgan fingerprint density at radius 2 is 1.83 bits per heavy atom. The van der Waals surface area contributed by atoms with Crippen LogP contribution in [0.1, 0.15) is 35.2 Å². The number of hydrogen-bond donors (Lipinski definition) is 1. The number of rotatable bonds is 9. The molecule has 2 aromatic carbocycles. The summed E-state index contributed by atoms with van der Waals surface area (Å²) in [5.41, 5.74) is 3.74. The normalized spacial score (nSPS) is 10.7. The Hall–Kier alpha value is -3.48. The van der Waals surface area contributed by atoms with E-state index in [1.165, 1.54) is 4.80 Å². The predicted octanol–water partition coefficient (Wildman–Crippen LogP) is 3.36. The number of carbonyl (C=O) groups is 2. The number of fused-ring (bicyclic) bond motifs is 1. The molecule has 29 heavy (non-hydrogen) atoms. The number of nitrogens with one attached hydrogen (secondary N) is 1. The van der Waals surface area contributed by atoms with Crippen LogP contribution in [-0.2, 0) is 9.53 Å². The molecule has 0 atom stereocenters.